The maximum absolute atomic E-state index is 4.63. The number of aromatic amines is 1. The van der Waals surface area contributed by atoms with Crippen molar-refractivity contribution in [2.75, 3.05) is 0 Å². The van der Waals surface area contributed by atoms with Crippen LogP contribution in [0.4, 0.5) is 0 Å². The van der Waals surface area contributed by atoms with E-state index < -0.39 is 0 Å². The third-order valence-electron chi connectivity index (χ3n) is 3.76. The van der Waals surface area contributed by atoms with E-state index in [0.29, 0.717) is 0 Å². The zero-order valence-corrected chi connectivity index (χ0v) is 13.6. The van der Waals surface area contributed by atoms with Gasteiger partial charge in [-0.2, -0.15) is 0 Å². The van der Waals surface area contributed by atoms with Gasteiger partial charge in [0.15, 0.2) is 0 Å². The fraction of sp³-hybridized carbons (Fsp3) is 0.278. The molecule has 0 atom stereocenters. The zero-order chi connectivity index (χ0) is 14.8. The van der Waals surface area contributed by atoms with Crippen molar-refractivity contribution < 1.29 is 0 Å². The number of thioether (sulfide) groups is 1. The molecule has 2 aromatic carbocycles. The maximum atomic E-state index is 4.63. The minimum atomic E-state index is 0.918. The lowest BCUT2D eigenvalue weighted by Crippen LogP contribution is -1.94. The Hall–Kier alpha value is -1.74. The molecule has 0 spiro atoms. The number of imidazole rings is 1. The Labute approximate surface area is 130 Å². The first kappa shape index (κ1) is 14.2. The van der Waals surface area contributed by atoms with Crippen LogP contribution in [0.25, 0.3) is 11.0 Å². The molecule has 1 heterocycles. The number of aryl methyl sites for hydroxylation is 3. The van der Waals surface area contributed by atoms with Gasteiger partial charge >= 0.3 is 0 Å². The lowest BCUT2D eigenvalue weighted by molar-refractivity contribution is 1.13. The summed E-state index contributed by atoms with van der Waals surface area (Å²) in [4.78, 5) is 8.01. The number of H-pyrrole nitrogens is 1. The highest BCUT2D eigenvalue weighted by molar-refractivity contribution is 7.97. The van der Waals surface area contributed by atoms with Crippen LogP contribution < -0.4 is 0 Å². The van der Waals surface area contributed by atoms with Crippen molar-refractivity contribution in [2.45, 2.75) is 32.3 Å². The summed E-state index contributed by atoms with van der Waals surface area (Å²) in [7, 11) is 0. The van der Waals surface area contributed by atoms with Gasteiger partial charge in [0.1, 0.15) is 5.82 Å². The second kappa shape index (κ2) is 5.94. The summed E-state index contributed by atoms with van der Waals surface area (Å²) in [6.07, 6.45) is 0. The zero-order valence-electron chi connectivity index (χ0n) is 12.7. The molecule has 0 aliphatic carbocycles. The van der Waals surface area contributed by atoms with Gasteiger partial charge in [0, 0.05) is 5.75 Å². The first-order chi connectivity index (χ1) is 10.1. The largest absolute Gasteiger partial charge is 0.341 e. The van der Waals surface area contributed by atoms with Crippen LogP contribution in [0.3, 0.4) is 0 Å². The lowest BCUT2D eigenvalue weighted by atomic mass is 10.0. The van der Waals surface area contributed by atoms with Crippen LogP contribution in [0, 0.1) is 20.8 Å². The molecular formula is C18H20N2S. The van der Waals surface area contributed by atoms with Crippen LogP contribution in [0.2, 0.25) is 0 Å². The van der Waals surface area contributed by atoms with Gasteiger partial charge in [-0.1, -0.05) is 29.8 Å². The van der Waals surface area contributed by atoms with Gasteiger partial charge in [0.25, 0.3) is 0 Å². The summed E-state index contributed by atoms with van der Waals surface area (Å²) in [6.45, 7) is 6.57. The Bertz CT molecular complexity index is 718. The van der Waals surface area contributed by atoms with Crippen LogP contribution in [-0.2, 0) is 11.5 Å². The molecule has 2 nitrogen and oxygen atoms in total. The Morgan fingerprint density at radius 2 is 1.71 bits per heavy atom. The number of nitrogens with zero attached hydrogens (tertiary/aromatic N) is 1. The highest BCUT2D eigenvalue weighted by Crippen LogP contribution is 2.24. The quantitative estimate of drug-likeness (QED) is 0.740. The molecule has 3 heteroatoms. The SMILES string of the molecule is Cc1cc(C)c(CSCc2nc3ccccc3[nH]2)c(C)c1. The molecule has 0 aliphatic heterocycles. The topological polar surface area (TPSA) is 28.7 Å². The third kappa shape index (κ3) is 3.13. The fourth-order valence-corrected chi connectivity index (χ4v) is 3.85. The van der Waals surface area contributed by atoms with Crippen molar-refractivity contribution in [3.05, 3.63) is 64.5 Å². The fourth-order valence-electron chi connectivity index (χ4n) is 2.76. The minimum absolute atomic E-state index is 0.918. The highest BCUT2D eigenvalue weighted by atomic mass is 32.2. The van der Waals surface area contributed by atoms with Gasteiger partial charge in [-0.15, -0.1) is 11.8 Å². The number of fused-ring (bicyclic) bond motifs is 1. The van der Waals surface area contributed by atoms with Crippen LogP contribution >= 0.6 is 11.8 Å². The van der Waals surface area contributed by atoms with Crippen molar-refractivity contribution >= 4 is 22.8 Å². The molecular weight excluding hydrogens is 276 g/mol. The van der Waals surface area contributed by atoms with Gasteiger partial charge in [-0.05, 0) is 49.6 Å². The van der Waals surface area contributed by atoms with Gasteiger partial charge in [0.05, 0.1) is 16.8 Å². The van der Waals surface area contributed by atoms with Crippen LogP contribution in [-0.4, -0.2) is 9.97 Å². The number of rotatable bonds is 4. The molecule has 1 N–H and O–H groups in total. The Kier molecular flexibility index (Phi) is 4.02. The molecule has 1 aromatic heterocycles. The first-order valence-electron chi connectivity index (χ1n) is 7.21. The second-order valence-corrected chi connectivity index (χ2v) is 6.56. The summed E-state index contributed by atoms with van der Waals surface area (Å²) in [5.41, 5.74) is 7.76. The Balaban J connectivity index is 1.69. The summed E-state index contributed by atoms with van der Waals surface area (Å²) >= 11 is 1.92. The van der Waals surface area contributed by atoms with E-state index in [1.807, 2.05) is 30.0 Å². The predicted molar refractivity (Wildman–Crippen MR) is 91.7 cm³/mol. The normalized spacial score (nSPS) is 11.2. The monoisotopic (exact) mass is 296 g/mol. The van der Waals surface area contributed by atoms with Gasteiger partial charge in [0.2, 0.25) is 0 Å². The number of aromatic nitrogens is 2. The van der Waals surface area contributed by atoms with Crippen LogP contribution in [0.15, 0.2) is 36.4 Å². The molecule has 3 aromatic rings. The summed E-state index contributed by atoms with van der Waals surface area (Å²) in [5.74, 6) is 3.01. The smallest absolute Gasteiger partial charge is 0.117 e. The Morgan fingerprint density at radius 3 is 2.43 bits per heavy atom. The van der Waals surface area contributed by atoms with Gasteiger partial charge < -0.3 is 4.98 Å². The summed E-state index contributed by atoms with van der Waals surface area (Å²) in [5, 5.41) is 0. The molecule has 0 saturated heterocycles. The van der Waals surface area contributed by atoms with Crippen LogP contribution in [0.5, 0.6) is 0 Å². The second-order valence-electron chi connectivity index (χ2n) is 5.57. The molecule has 0 saturated carbocycles. The number of para-hydroxylation sites is 2. The summed E-state index contributed by atoms with van der Waals surface area (Å²) in [6, 6.07) is 12.7. The van der Waals surface area contributed by atoms with E-state index in [1.54, 1.807) is 0 Å². The van der Waals surface area contributed by atoms with E-state index in [0.717, 1.165) is 28.4 Å². The lowest BCUT2D eigenvalue weighted by Gasteiger charge is -2.10. The van der Waals surface area contributed by atoms with Crippen molar-refractivity contribution in [3.8, 4) is 0 Å². The average Bonchev–Trinajstić information content (AvgIpc) is 2.84. The van der Waals surface area contributed by atoms with Crippen molar-refractivity contribution in [3.63, 3.8) is 0 Å². The van der Waals surface area contributed by atoms with Crippen LogP contribution in [0.1, 0.15) is 28.1 Å². The van der Waals surface area contributed by atoms with E-state index in [4.69, 9.17) is 0 Å². The average molecular weight is 296 g/mol. The standard InChI is InChI=1S/C18H20N2S/c1-12-8-13(2)15(14(3)9-12)10-21-11-18-19-16-6-4-5-7-17(16)20-18/h4-9H,10-11H2,1-3H3,(H,19,20). The molecule has 0 radical (unpaired) electrons. The molecule has 0 unspecified atom stereocenters. The first-order valence-corrected chi connectivity index (χ1v) is 8.37. The maximum Gasteiger partial charge on any atom is 0.117 e. The molecule has 0 amide bonds. The summed E-state index contributed by atoms with van der Waals surface area (Å²) < 4.78 is 0. The van der Waals surface area contributed by atoms with Gasteiger partial charge in [-0.3, -0.25) is 0 Å². The highest BCUT2D eigenvalue weighted by Gasteiger charge is 2.06. The third-order valence-corrected chi connectivity index (χ3v) is 4.73. The molecule has 108 valence electrons. The van der Waals surface area contributed by atoms with Gasteiger partial charge in [-0.25, -0.2) is 4.98 Å². The Morgan fingerprint density at radius 1 is 1.00 bits per heavy atom. The van der Waals surface area contributed by atoms with E-state index in [-0.39, 0.29) is 0 Å². The molecule has 3 rings (SSSR count). The van der Waals surface area contributed by atoms with Crippen molar-refractivity contribution in [2.24, 2.45) is 0 Å². The number of hydrogen-bond acceptors (Lipinski definition) is 2. The van der Waals surface area contributed by atoms with E-state index in [1.165, 1.54) is 22.3 Å². The van der Waals surface area contributed by atoms with Crippen molar-refractivity contribution in [1.82, 2.24) is 9.97 Å². The minimum Gasteiger partial charge on any atom is -0.341 e. The molecule has 0 bridgehead atoms. The molecule has 21 heavy (non-hydrogen) atoms. The van der Waals surface area contributed by atoms with Crippen molar-refractivity contribution in [1.29, 1.82) is 0 Å². The number of hydrogen-bond donors (Lipinski definition) is 1. The molecule has 0 aliphatic rings. The predicted octanol–water partition coefficient (Wildman–Crippen LogP) is 4.92. The number of benzene rings is 2. The van der Waals surface area contributed by atoms with E-state index >= 15 is 0 Å². The van der Waals surface area contributed by atoms with E-state index in [2.05, 4.69) is 48.9 Å². The van der Waals surface area contributed by atoms with E-state index in [9.17, 15) is 0 Å². The number of nitrogens with one attached hydrogen (secondary N) is 1. The molecule has 0 fully saturated rings.